The number of ketones is 1. The maximum Gasteiger partial charge on any atom is 0.190 e. The maximum absolute atomic E-state index is 11.9. The van der Waals surface area contributed by atoms with E-state index in [9.17, 15) is 9.90 Å². The zero-order chi connectivity index (χ0) is 11.3. The van der Waals surface area contributed by atoms with Gasteiger partial charge in [-0.25, -0.2) is 0 Å². The van der Waals surface area contributed by atoms with Crippen LogP contribution in [0.4, 0.5) is 0 Å². The van der Waals surface area contributed by atoms with Gasteiger partial charge in [0.1, 0.15) is 5.75 Å². The SMILES string of the molecule is CC1=CC(=O)c2c(O)ccc3cccc1c23. The first-order chi connectivity index (χ1) is 7.68. The van der Waals surface area contributed by atoms with Gasteiger partial charge in [0.25, 0.3) is 0 Å². The van der Waals surface area contributed by atoms with Gasteiger partial charge in [-0.2, -0.15) is 0 Å². The minimum atomic E-state index is -0.112. The van der Waals surface area contributed by atoms with Crippen LogP contribution >= 0.6 is 0 Å². The minimum absolute atomic E-state index is 0.0636. The van der Waals surface area contributed by atoms with Crippen LogP contribution in [0, 0.1) is 0 Å². The van der Waals surface area contributed by atoms with E-state index in [1.54, 1.807) is 12.1 Å². The lowest BCUT2D eigenvalue weighted by atomic mass is 9.88. The Labute approximate surface area is 92.8 Å². The molecule has 0 bridgehead atoms. The molecule has 0 amide bonds. The molecule has 2 heteroatoms. The van der Waals surface area contributed by atoms with E-state index in [-0.39, 0.29) is 11.5 Å². The van der Waals surface area contributed by atoms with Gasteiger partial charge < -0.3 is 5.11 Å². The van der Waals surface area contributed by atoms with Gasteiger partial charge in [0.2, 0.25) is 0 Å². The Morgan fingerprint density at radius 2 is 1.94 bits per heavy atom. The highest BCUT2D eigenvalue weighted by Crippen LogP contribution is 2.36. The van der Waals surface area contributed by atoms with Crippen molar-refractivity contribution in [2.75, 3.05) is 0 Å². The van der Waals surface area contributed by atoms with Gasteiger partial charge in [0.15, 0.2) is 5.78 Å². The molecule has 1 aliphatic carbocycles. The van der Waals surface area contributed by atoms with Crippen molar-refractivity contribution in [3.05, 3.63) is 47.5 Å². The van der Waals surface area contributed by atoms with Crippen LogP contribution in [0.25, 0.3) is 16.3 Å². The number of carbonyl (C=O) groups is 1. The molecule has 0 aliphatic heterocycles. The summed E-state index contributed by atoms with van der Waals surface area (Å²) in [7, 11) is 0. The van der Waals surface area contributed by atoms with Crippen LogP contribution in [0.15, 0.2) is 36.4 Å². The second kappa shape index (κ2) is 2.95. The van der Waals surface area contributed by atoms with Gasteiger partial charge >= 0.3 is 0 Å². The molecule has 0 fully saturated rings. The fraction of sp³-hybridized carbons (Fsp3) is 0.0714. The molecule has 1 aliphatic rings. The molecule has 0 unspecified atom stereocenters. The zero-order valence-corrected chi connectivity index (χ0v) is 8.82. The van der Waals surface area contributed by atoms with E-state index in [0.29, 0.717) is 5.56 Å². The molecule has 16 heavy (non-hydrogen) atoms. The monoisotopic (exact) mass is 210 g/mol. The highest BCUT2D eigenvalue weighted by Gasteiger charge is 2.21. The predicted molar refractivity (Wildman–Crippen MR) is 63.6 cm³/mol. The average Bonchev–Trinajstić information content (AvgIpc) is 2.26. The van der Waals surface area contributed by atoms with E-state index in [4.69, 9.17) is 0 Å². The fourth-order valence-electron chi connectivity index (χ4n) is 2.29. The first kappa shape index (κ1) is 9.16. The second-order valence-corrected chi connectivity index (χ2v) is 4.05. The van der Waals surface area contributed by atoms with Crippen molar-refractivity contribution >= 4 is 22.1 Å². The van der Waals surface area contributed by atoms with Gasteiger partial charge in [-0.1, -0.05) is 24.3 Å². The lowest BCUT2D eigenvalue weighted by molar-refractivity contribution is 0.104. The minimum Gasteiger partial charge on any atom is -0.507 e. The molecule has 78 valence electrons. The predicted octanol–water partition coefficient (Wildman–Crippen LogP) is 3.15. The standard InChI is InChI=1S/C14H10O2/c1-8-7-12(16)14-11(15)6-5-9-3-2-4-10(8)13(9)14/h2-7,15H,1H3. The third-order valence-electron chi connectivity index (χ3n) is 3.04. The zero-order valence-electron chi connectivity index (χ0n) is 8.82. The van der Waals surface area contributed by atoms with Crippen LogP contribution in [0.1, 0.15) is 22.8 Å². The Hall–Kier alpha value is -2.09. The summed E-state index contributed by atoms with van der Waals surface area (Å²) in [5.41, 5.74) is 2.41. The molecule has 0 aromatic heterocycles. The summed E-state index contributed by atoms with van der Waals surface area (Å²) >= 11 is 0. The summed E-state index contributed by atoms with van der Waals surface area (Å²) in [5.74, 6) is -0.0481. The Morgan fingerprint density at radius 1 is 1.12 bits per heavy atom. The van der Waals surface area contributed by atoms with Gasteiger partial charge in [0, 0.05) is 5.39 Å². The lowest BCUT2D eigenvalue weighted by Crippen LogP contribution is -2.04. The number of phenolic OH excluding ortho intramolecular Hbond substituents is 1. The number of carbonyl (C=O) groups excluding carboxylic acids is 1. The van der Waals surface area contributed by atoms with Crippen molar-refractivity contribution < 1.29 is 9.90 Å². The molecule has 0 atom stereocenters. The summed E-state index contributed by atoms with van der Waals surface area (Å²) in [4.78, 5) is 11.9. The summed E-state index contributed by atoms with van der Waals surface area (Å²) in [6.07, 6.45) is 1.58. The molecule has 0 saturated heterocycles. The summed E-state index contributed by atoms with van der Waals surface area (Å²) < 4.78 is 0. The van der Waals surface area contributed by atoms with E-state index in [0.717, 1.165) is 21.9 Å². The Bertz CT molecular complexity index is 651. The van der Waals surface area contributed by atoms with E-state index >= 15 is 0 Å². The van der Waals surface area contributed by atoms with Crippen molar-refractivity contribution in [3.63, 3.8) is 0 Å². The van der Waals surface area contributed by atoms with Crippen LogP contribution in [0.2, 0.25) is 0 Å². The Kier molecular flexibility index (Phi) is 1.69. The van der Waals surface area contributed by atoms with Crippen LogP contribution in [0.3, 0.4) is 0 Å². The van der Waals surface area contributed by atoms with Gasteiger partial charge in [-0.05, 0) is 35.6 Å². The highest BCUT2D eigenvalue weighted by atomic mass is 16.3. The van der Waals surface area contributed by atoms with E-state index < -0.39 is 0 Å². The normalized spacial score (nSPS) is 14.1. The molecular weight excluding hydrogens is 200 g/mol. The van der Waals surface area contributed by atoms with Crippen LogP contribution < -0.4 is 0 Å². The van der Waals surface area contributed by atoms with Gasteiger partial charge in [-0.15, -0.1) is 0 Å². The molecule has 0 heterocycles. The number of aromatic hydroxyl groups is 1. The largest absolute Gasteiger partial charge is 0.507 e. The molecular formula is C14H10O2. The third-order valence-corrected chi connectivity index (χ3v) is 3.04. The molecule has 0 radical (unpaired) electrons. The van der Waals surface area contributed by atoms with Gasteiger partial charge in [-0.3, -0.25) is 4.79 Å². The van der Waals surface area contributed by atoms with Crippen molar-refractivity contribution in [2.45, 2.75) is 6.92 Å². The van der Waals surface area contributed by atoms with Crippen LogP contribution in [-0.4, -0.2) is 10.9 Å². The number of hydrogen-bond donors (Lipinski definition) is 1. The fourth-order valence-corrected chi connectivity index (χ4v) is 2.29. The number of phenols is 1. The third kappa shape index (κ3) is 1.04. The number of allylic oxidation sites excluding steroid dienone is 2. The highest BCUT2D eigenvalue weighted by molar-refractivity contribution is 6.23. The lowest BCUT2D eigenvalue weighted by Gasteiger charge is -2.16. The number of hydrogen-bond acceptors (Lipinski definition) is 2. The summed E-state index contributed by atoms with van der Waals surface area (Å²) in [6, 6.07) is 9.31. The molecule has 0 spiro atoms. The second-order valence-electron chi connectivity index (χ2n) is 4.05. The van der Waals surface area contributed by atoms with Gasteiger partial charge in [0.05, 0.1) is 5.56 Å². The molecule has 0 saturated carbocycles. The summed E-state index contributed by atoms with van der Waals surface area (Å²) in [6.45, 7) is 1.92. The molecule has 2 aromatic carbocycles. The molecule has 2 aromatic rings. The average molecular weight is 210 g/mol. The van der Waals surface area contributed by atoms with E-state index in [2.05, 4.69) is 0 Å². The van der Waals surface area contributed by atoms with Crippen molar-refractivity contribution in [2.24, 2.45) is 0 Å². The van der Waals surface area contributed by atoms with E-state index in [1.807, 2.05) is 31.2 Å². The topological polar surface area (TPSA) is 37.3 Å². The first-order valence-corrected chi connectivity index (χ1v) is 5.16. The summed E-state index contributed by atoms with van der Waals surface area (Å²) in [5, 5.41) is 11.6. The Balaban J connectivity index is 2.59. The molecule has 3 rings (SSSR count). The molecule has 1 N–H and O–H groups in total. The first-order valence-electron chi connectivity index (χ1n) is 5.16. The smallest absolute Gasteiger partial charge is 0.190 e. The van der Waals surface area contributed by atoms with E-state index in [1.165, 1.54) is 0 Å². The van der Waals surface area contributed by atoms with Crippen molar-refractivity contribution in [1.82, 2.24) is 0 Å². The Morgan fingerprint density at radius 3 is 2.75 bits per heavy atom. The number of benzene rings is 2. The van der Waals surface area contributed by atoms with Crippen LogP contribution in [0.5, 0.6) is 5.75 Å². The number of rotatable bonds is 0. The molecule has 2 nitrogen and oxygen atoms in total. The quantitative estimate of drug-likeness (QED) is 0.725. The van der Waals surface area contributed by atoms with Crippen molar-refractivity contribution in [1.29, 1.82) is 0 Å². The van der Waals surface area contributed by atoms with Crippen LogP contribution in [-0.2, 0) is 0 Å². The maximum atomic E-state index is 11.9. The van der Waals surface area contributed by atoms with Crippen molar-refractivity contribution in [3.8, 4) is 5.75 Å².